The van der Waals surface area contributed by atoms with Crippen molar-refractivity contribution in [3.63, 3.8) is 0 Å². The van der Waals surface area contributed by atoms with Crippen molar-refractivity contribution in [2.45, 2.75) is 39.0 Å². The number of amides is 1. The van der Waals surface area contributed by atoms with E-state index >= 15 is 0 Å². The van der Waals surface area contributed by atoms with E-state index in [0.29, 0.717) is 12.2 Å². The molecule has 2 aromatic rings. The van der Waals surface area contributed by atoms with Crippen molar-refractivity contribution < 1.29 is 4.79 Å². The van der Waals surface area contributed by atoms with E-state index < -0.39 is 0 Å². The van der Waals surface area contributed by atoms with Crippen molar-refractivity contribution in [2.24, 2.45) is 0 Å². The Morgan fingerprint density at radius 1 is 1.21 bits per heavy atom. The quantitative estimate of drug-likeness (QED) is 0.827. The first-order chi connectivity index (χ1) is 11.8. The molecular weight excluding hydrogens is 300 g/mol. The van der Waals surface area contributed by atoms with Crippen LogP contribution in [0, 0.1) is 0 Å². The van der Waals surface area contributed by atoms with Crippen molar-refractivity contribution in [1.82, 2.24) is 15.3 Å². The minimum Gasteiger partial charge on any atom is -0.351 e. The number of nitrogens with zero attached hydrogens (tertiary/aromatic N) is 3. The van der Waals surface area contributed by atoms with Crippen LogP contribution in [0.1, 0.15) is 48.7 Å². The summed E-state index contributed by atoms with van der Waals surface area (Å²) in [5, 5.41) is 2.89. The highest BCUT2D eigenvalue weighted by molar-refractivity contribution is 5.92. The first kappa shape index (κ1) is 16.4. The number of anilines is 2. The Labute approximate surface area is 143 Å². The van der Waals surface area contributed by atoms with Crippen LogP contribution in [0.25, 0.3) is 0 Å². The van der Waals surface area contributed by atoms with Crippen molar-refractivity contribution in [1.29, 1.82) is 0 Å². The summed E-state index contributed by atoms with van der Waals surface area (Å²) in [4.78, 5) is 23.0. The molecule has 1 aliphatic rings. The summed E-state index contributed by atoms with van der Waals surface area (Å²) in [7, 11) is 0. The van der Waals surface area contributed by atoms with Gasteiger partial charge in [0.15, 0.2) is 5.82 Å². The lowest BCUT2D eigenvalue weighted by atomic mass is 10.0. The summed E-state index contributed by atoms with van der Waals surface area (Å²) < 4.78 is 0. The fraction of sp³-hybridized carbons (Fsp3) is 0.421. The van der Waals surface area contributed by atoms with E-state index in [4.69, 9.17) is 0 Å². The van der Waals surface area contributed by atoms with E-state index in [1.54, 1.807) is 12.4 Å². The Morgan fingerprint density at radius 3 is 2.88 bits per heavy atom. The number of hydrogen-bond acceptors (Lipinski definition) is 4. The van der Waals surface area contributed by atoms with Crippen LogP contribution in [0.2, 0.25) is 0 Å². The van der Waals surface area contributed by atoms with Crippen LogP contribution < -0.4 is 10.2 Å². The molecule has 0 unspecified atom stereocenters. The highest BCUT2D eigenvalue weighted by Gasteiger charge is 2.19. The fourth-order valence-corrected chi connectivity index (χ4v) is 3.02. The largest absolute Gasteiger partial charge is 0.351 e. The van der Waals surface area contributed by atoms with E-state index in [9.17, 15) is 4.79 Å². The lowest BCUT2D eigenvalue weighted by Gasteiger charge is -2.30. The number of aromatic nitrogens is 2. The average molecular weight is 324 g/mol. The van der Waals surface area contributed by atoms with Gasteiger partial charge in [0.1, 0.15) is 5.69 Å². The molecule has 0 aliphatic carbocycles. The molecule has 1 amide bonds. The molecule has 0 saturated heterocycles. The molecule has 3 rings (SSSR count). The number of unbranched alkanes of at least 4 members (excludes halogenated alkanes) is 2. The second-order valence-electron chi connectivity index (χ2n) is 6.11. The zero-order valence-corrected chi connectivity index (χ0v) is 14.2. The van der Waals surface area contributed by atoms with Crippen LogP contribution in [-0.4, -0.2) is 29.0 Å². The third-order valence-electron chi connectivity index (χ3n) is 4.32. The van der Waals surface area contributed by atoms with Crippen LogP contribution in [0.4, 0.5) is 11.5 Å². The fourth-order valence-electron chi connectivity index (χ4n) is 3.02. The Hall–Kier alpha value is -2.43. The molecule has 24 heavy (non-hydrogen) atoms. The number of carbonyl (C=O) groups excluding carboxylic acids is 1. The van der Waals surface area contributed by atoms with Gasteiger partial charge in [-0.1, -0.05) is 38.0 Å². The van der Waals surface area contributed by atoms with E-state index in [-0.39, 0.29) is 5.91 Å². The molecule has 0 atom stereocenters. The molecular formula is C19H24N4O. The first-order valence-electron chi connectivity index (χ1n) is 8.75. The Balaban J connectivity index is 1.68. The predicted molar refractivity (Wildman–Crippen MR) is 95.7 cm³/mol. The van der Waals surface area contributed by atoms with Gasteiger partial charge in [-0.15, -0.1) is 0 Å². The number of para-hydroxylation sites is 1. The van der Waals surface area contributed by atoms with Gasteiger partial charge in [0, 0.05) is 18.8 Å². The van der Waals surface area contributed by atoms with Crippen molar-refractivity contribution >= 4 is 17.4 Å². The molecule has 0 saturated carbocycles. The normalized spacial score (nSPS) is 13.5. The minimum atomic E-state index is -0.149. The van der Waals surface area contributed by atoms with Crippen molar-refractivity contribution in [3.8, 4) is 0 Å². The standard InChI is InChI=1S/C19H24N4O/c1-2-3-6-11-20-19(24)16-13-22-18(14-21-16)23-12-7-9-15-8-4-5-10-17(15)23/h4-5,8,10,13-14H,2-3,6-7,9,11-12H2,1H3,(H,20,24). The van der Waals surface area contributed by atoms with E-state index in [1.807, 2.05) is 6.07 Å². The number of hydrogen-bond donors (Lipinski definition) is 1. The number of rotatable bonds is 6. The lowest BCUT2D eigenvalue weighted by Crippen LogP contribution is -2.27. The maximum Gasteiger partial charge on any atom is 0.271 e. The Kier molecular flexibility index (Phi) is 5.41. The Bertz CT molecular complexity index is 684. The van der Waals surface area contributed by atoms with Gasteiger partial charge in [0.2, 0.25) is 0 Å². The number of fused-ring (bicyclic) bond motifs is 1. The molecule has 0 radical (unpaired) electrons. The SMILES string of the molecule is CCCCCNC(=O)c1cnc(N2CCCc3ccccc32)cn1. The third-order valence-corrected chi connectivity index (χ3v) is 4.32. The molecule has 1 N–H and O–H groups in total. The third kappa shape index (κ3) is 3.72. The molecule has 126 valence electrons. The summed E-state index contributed by atoms with van der Waals surface area (Å²) >= 11 is 0. The van der Waals surface area contributed by atoms with Crippen LogP contribution in [0.3, 0.4) is 0 Å². The Morgan fingerprint density at radius 2 is 2.08 bits per heavy atom. The molecule has 2 heterocycles. The lowest BCUT2D eigenvalue weighted by molar-refractivity contribution is 0.0947. The van der Waals surface area contributed by atoms with Crippen LogP contribution in [0.5, 0.6) is 0 Å². The zero-order valence-electron chi connectivity index (χ0n) is 14.2. The summed E-state index contributed by atoms with van der Waals surface area (Å²) in [6.45, 7) is 3.76. The van der Waals surface area contributed by atoms with Gasteiger partial charge in [0.05, 0.1) is 12.4 Å². The highest BCUT2D eigenvalue weighted by atomic mass is 16.1. The van der Waals surface area contributed by atoms with Gasteiger partial charge in [-0.05, 0) is 30.9 Å². The smallest absolute Gasteiger partial charge is 0.271 e. The van der Waals surface area contributed by atoms with Gasteiger partial charge >= 0.3 is 0 Å². The van der Waals surface area contributed by atoms with E-state index in [0.717, 1.165) is 44.5 Å². The number of aryl methyl sites for hydroxylation is 1. The van der Waals surface area contributed by atoms with Crippen LogP contribution in [0.15, 0.2) is 36.7 Å². The number of carbonyl (C=O) groups is 1. The van der Waals surface area contributed by atoms with Gasteiger partial charge < -0.3 is 10.2 Å². The molecule has 5 nitrogen and oxygen atoms in total. The van der Waals surface area contributed by atoms with Crippen LogP contribution in [-0.2, 0) is 6.42 Å². The maximum absolute atomic E-state index is 12.1. The van der Waals surface area contributed by atoms with Gasteiger partial charge in [-0.3, -0.25) is 4.79 Å². The van der Waals surface area contributed by atoms with Crippen molar-refractivity contribution in [2.75, 3.05) is 18.0 Å². The van der Waals surface area contributed by atoms with E-state index in [2.05, 4.69) is 45.3 Å². The second kappa shape index (κ2) is 7.90. The molecule has 0 fully saturated rings. The summed E-state index contributed by atoms with van der Waals surface area (Å²) in [5.74, 6) is 0.647. The predicted octanol–water partition coefficient (Wildman–Crippen LogP) is 3.48. The molecule has 0 spiro atoms. The number of benzene rings is 1. The molecule has 1 aromatic heterocycles. The maximum atomic E-state index is 12.1. The average Bonchev–Trinajstić information content (AvgIpc) is 2.65. The first-order valence-corrected chi connectivity index (χ1v) is 8.75. The van der Waals surface area contributed by atoms with Gasteiger partial charge in [-0.25, -0.2) is 9.97 Å². The van der Waals surface area contributed by atoms with Gasteiger partial charge in [-0.2, -0.15) is 0 Å². The highest BCUT2D eigenvalue weighted by Crippen LogP contribution is 2.31. The van der Waals surface area contributed by atoms with Gasteiger partial charge in [0.25, 0.3) is 5.91 Å². The summed E-state index contributed by atoms with van der Waals surface area (Å²) in [5.41, 5.74) is 2.90. The molecule has 0 bridgehead atoms. The topological polar surface area (TPSA) is 58.1 Å². The monoisotopic (exact) mass is 324 g/mol. The van der Waals surface area contributed by atoms with E-state index in [1.165, 1.54) is 11.3 Å². The molecule has 1 aromatic carbocycles. The minimum absolute atomic E-state index is 0.149. The zero-order chi connectivity index (χ0) is 16.8. The number of nitrogens with one attached hydrogen (secondary N) is 1. The summed E-state index contributed by atoms with van der Waals surface area (Å²) in [6.07, 6.45) is 8.72. The summed E-state index contributed by atoms with van der Waals surface area (Å²) in [6, 6.07) is 8.39. The second-order valence-corrected chi connectivity index (χ2v) is 6.11. The molecule has 1 aliphatic heterocycles. The van der Waals surface area contributed by atoms with Crippen LogP contribution >= 0.6 is 0 Å². The molecule has 5 heteroatoms. The van der Waals surface area contributed by atoms with Crippen molar-refractivity contribution in [3.05, 3.63) is 47.9 Å².